The Morgan fingerprint density at radius 3 is 2.30 bits per heavy atom. The highest BCUT2D eigenvalue weighted by Crippen LogP contribution is 2.19. The lowest BCUT2D eigenvalue weighted by molar-refractivity contribution is -0.141. The van der Waals surface area contributed by atoms with Gasteiger partial charge in [0.15, 0.2) is 6.61 Å². The Morgan fingerprint density at radius 1 is 1.15 bits per heavy atom. The normalized spacial score (nSPS) is 9.75. The third-order valence-corrected chi connectivity index (χ3v) is 2.53. The Balaban J connectivity index is 2.46. The number of rotatable bonds is 5. The molecule has 0 saturated carbocycles. The summed E-state index contributed by atoms with van der Waals surface area (Å²) >= 11 is 11.5. The third kappa shape index (κ3) is 5.46. The first-order valence-corrected chi connectivity index (χ1v) is 6.14. The minimum absolute atomic E-state index is 0.128. The first-order chi connectivity index (χ1) is 9.42. The summed E-state index contributed by atoms with van der Waals surface area (Å²) < 4.78 is 9.08. The quantitative estimate of drug-likeness (QED) is 0.830. The first-order valence-electron chi connectivity index (χ1n) is 5.39. The molecule has 0 unspecified atom stereocenters. The second-order valence-corrected chi connectivity index (χ2v) is 4.46. The van der Waals surface area contributed by atoms with Crippen molar-refractivity contribution in [1.29, 1.82) is 0 Å². The van der Waals surface area contributed by atoms with Crippen molar-refractivity contribution in [2.75, 3.05) is 20.3 Å². The van der Waals surface area contributed by atoms with Gasteiger partial charge in [-0.3, -0.25) is 9.59 Å². The average molecular weight is 320 g/mol. The van der Waals surface area contributed by atoms with Crippen LogP contribution in [0.5, 0.6) is 0 Å². The average Bonchev–Trinajstić information content (AvgIpc) is 2.40. The van der Waals surface area contributed by atoms with Crippen molar-refractivity contribution in [2.24, 2.45) is 0 Å². The molecule has 0 radical (unpaired) electrons. The standard InChI is InChI=1S/C12H11Cl2NO5/c1-19-11(17)5-15-10(16)6-20-12(18)7-2-8(13)4-9(14)3-7/h2-4H,5-6H2,1H3,(H,15,16). The molecule has 6 nitrogen and oxygen atoms in total. The molecule has 20 heavy (non-hydrogen) atoms. The van der Waals surface area contributed by atoms with Gasteiger partial charge in [0.1, 0.15) is 6.54 Å². The number of hydrogen-bond donors (Lipinski definition) is 1. The van der Waals surface area contributed by atoms with Crippen LogP contribution in [0, 0.1) is 0 Å². The number of ether oxygens (including phenoxy) is 2. The van der Waals surface area contributed by atoms with Crippen LogP contribution in [-0.4, -0.2) is 38.1 Å². The summed E-state index contributed by atoms with van der Waals surface area (Å²) in [5.74, 6) is -1.98. The zero-order chi connectivity index (χ0) is 15.1. The van der Waals surface area contributed by atoms with Crippen LogP contribution in [0.2, 0.25) is 10.0 Å². The second-order valence-electron chi connectivity index (χ2n) is 3.59. The van der Waals surface area contributed by atoms with E-state index >= 15 is 0 Å². The molecule has 0 heterocycles. The Morgan fingerprint density at radius 2 is 1.75 bits per heavy atom. The fraction of sp³-hybridized carbons (Fsp3) is 0.250. The summed E-state index contributed by atoms with van der Waals surface area (Å²) in [5, 5.41) is 2.77. The third-order valence-electron chi connectivity index (χ3n) is 2.09. The zero-order valence-corrected chi connectivity index (χ0v) is 12.0. The molecule has 0 spiro atoms. The SMILES string of the molecule is COC(=O)CNC(=O)COC(=O)c1cc(Cl)cc(Cl)c1. The highest BCUT2D eigenvalue weighted by Gasteiger charge is 2.12. The second kappa shape index (κ2) is 7.72. The van der Waals surface area contributed by atoms with E-state index in [2.05, 4.69) is 10.1 Å². The maximum Gasteiger partial charge on any atom is 0.338 e. The summed E-state index contributed by atoms with van der Waals surface area (Å²) in [6, 6.07) is 4.19. The molecule has 1 aromatic rings. The van der Waals surface area contributed by atoms with E-state index in [1.165, 1.54) is 25.3 Å². The minimum atomic E-state index is -0.748. The van der Waals surface area contributed by atoms with Gasteiger partial charge in [0.2, 0.25) is 0 Å². The van der Waals surface area contributed by atoms with Crippen molar-refractivity contribution >= 4 is 41.0 Å². The topological polar surface area (TPSA) is 81.7 Å². The molecule has 1 N–H and O–H groups in total. The Bertz CT molecular complexity index is 512. The summed E-state index contributed by atoms with van der Waals surface area (Å²) in [6.45, 7) is -0.824. The molecule has 1 rings (SSSR count). The molecule has 0 atom stereocenters. The lowest BCUT2D eigenvalue weighted by Gasteiger charge is -2.06. The summed E-state index contributed by atoms with van der Waals surface area (Å²) in [4.78, 5) is 33.7. The lowest BCUT2D eigenvalue weighted by atomic mass is 10.2. The highest BCUT2D eigenvalue weighted by atomic mass is 35.5. The van der Waals surface area contributed by atoms with Crippen LogP contribution in [-0.2, 0) is 19.1 Å². The van der Waals surface area contributed by atoms with E-state index in [1.54, 1.807) is 0 Å². The smallest absolute Gasteiger partial charge is 0.338 e. The fourth-order valence-corrected chi connectivity index (χ4v) is 1.71. The predicted octanol–water partition coefficient (Wildman–Crippen LogP) is 1.44. The van der Waals surface area contributed by atoms with Gasteiger partial charge in [0.05, 0.1) is 12.7 Å². The molecule has 0 saturated heterocycles. The first kappa shape index (κ1) is 16.3. The number of benzene rings is 1. The van der Waals surface area contributed by atoms with E-state index in [4.69, 9.17) is 27.9 Å². The van der Waals surface area contributed by atoms with Crippen molar-refractivity contribution in [2.45, 2.75) is 0 Å². The summed E-state index contributed by atoms with van der Waals surface area (Å²) in [7, 11) is 1.19. The largest absolute Gasteiger partial charge is 0.468 e. The lowest BCUT2D eigenvalue weighted by Crippen LogP contribution is -2.33. The van der Waals surface area contributed by atoms with E-state index in [0.717, 1.165) is 0 Å². The van der Waals surface area contributed by atoms with Gasteiger partial charge in [-0.2, -0.15) is 0 Å². The van der Waals surface area contributed by atoms with Gasteiger partial charge < -0.3 is 14.8 Å². The fourth-order valence-electron chi connectivity index (χ4n) is 1.18. The highest BCUT2D eigenvalue weighted by molar-refractivity contribution is 6.35. The van der Waals surface area contributed by atoms with Crippen LogP contribution >= 0.6 is 23.2 Å². The van der Waals surface area contributed by atoms with Crippen molar-refractivity contribution in [1.82, 2.24) is 5.32 Å². The van der Waals surface area contributed by atoms with Gasteiger partial charge >= 0.3 is 11.9 Å². The van der Waals surface area contributed by atoms with Crippen LogP contribution in [0.15, 0.2) is 18.2 Å². The van der Waals surface area contributed by atoms with Crippen LogP contribution in [0.3, 0.4) is 0 Å². The van der Waals surface area contributed by atoms with Crippen LogP contribution < -0.4 is 5.32 Å². The molecule has 0 aliphatic heterocycles. The van der Waals surface area contributed by atoms with E-state index in [-0.39, 0.29) is 22.2 Å². The van der Waals surface area contributed by atoms with Crippen molar-refractivity contribution in [3.63, 3.8) is 0 Å². The van der Waals surface area contributed by atoms with Gasteiger partial charge in [0.25, 0.3) is 5.91 Å². The Kier molecular flexibility index (Phi) is 6.27. The van der Waals surface area contributed by atoms with Crippen molar-refractivity contribution in [3.8, 4) is 0 Å². The molecule has 108 valence electrons. The number of carbonyl (C=O) groups excluding carboxylic acids is 3. The zero-order valence-electron chi connectivity index (χ0n) is 10.4. The number of amides is 1. The van der Waals surface area contributed by atoms with E-state index in [0.29, 0.717) is 0 Å². The van der Waals surface area contributed by atoms with Gasteiger partial charge in [-0.25, -0.2) is 4.79 Å². The number of esters is 2. The molecule has 8 heteroatoms. The number of halogens is 2. The number of methoxy groups -OCH3 is 1. The Labute approximate surface area is 124 Å². The van der Waals surface area contributed by atoms with Crippen molar-refractivity contribution < 1.29 is 23.9 Å². The monoisotopic (exact) mass is 319 g/mol. The minimum Gasteiger partial charge on any atom is -0.468 e. The maximum atomic E-state index is 11.6. The van der Waals surface area contributed by atoms with Crippen LogP contribution in [0.4, 0.5) is 0 Å². The van der Waals surface area contributed by atoms with E-state index in [9.17, 15) is 14.4 Å². The molecule has 0 aliphatic rings. The Hall–Kier alpha value is -1.79. The number of carbonyl (C=O) groups is 3. The molecule has 0 aliphatic carbocycles. The van der Waals surface area contributed by atoms with Gasteiger partial charge in [-0.15, -0.1) is 0 Å². The van der Waals surface area contributed by atoms with Crippen LogP contribution in [0.25, 0.3) is 0 Å². The molecule has 0 aromatic heterocycles. The van der Waals surface area contributed by atoms with Gasteiger partial charge in [-0.1, -0.05) is 23.2 Å². The number of nitrogens with one attached hydrogen (secondary N) is 1. The van der Waals surface area contributed by atoms with Crippen LogP contribution in [0.1, 0.15) is 10.4 Å². The van der Waals surface area contributed by atoms with E-state index < -0.39 is 24.5 Å². The van der Waals surface area contributed by atoms with Crippen molar-refractivity contribution in [3.05, 3.63) is 33.8 Å². The van der Waals surface area contributed by atoms with Gasteiger partial charge in [0, 0.05) is 10.0 Å². The molecule has 0 fully saturated rings. The molecular weight excluding hydrogens is 309 g/mol. The summed E-state index contributed by atoms with van der Waals surface area (Å²) in [6.07, 6.45) is 0. The number of hydrogen-bond acceptors (Lipinski definition) is 5. The van der Waals surface area contributed by atoms with E-state index in [1.807, 2.05) is 0 Å². The summed E-state index contributed by atoms with van der Waals surface area (Å²) in [5.41, 5.74) is 0.128. The maximum absolute atomic E-state index is 11.6. The molecule has 1 amide bonds. The molecule has 1 aromatic carbocycles. The molecule has 0 bridgehead atoms. The molecular formula is C12H11Cl2NO5. The van der Waals surface area contributed by atoms with Gasteiger partial charge in [-0.05, 0) is 18.2 Å². The predicted molar refractivity (Wildman–Crippen MR) is 71.8 cm³/mol.